The second-order valence-corrected chi connectivity index (χ2v) is 7.36. The standard InChI is InChI=1S/C16H18BrFN6S/c1-10-13(25-12(3-5-18)14(10)17)9-19-6-2-7-20-16-22-11-4-8-21-24-15(11)23-16/h3-5,8,19H,2,6-7,9H2,1H3,(H2,20,22,23,24). The molecule has 0 amide bonds. The van der Waals surface area contributed by atoms with Gasteiger partial charge in [-0.1, -0.05) is 0 Å². The zero-order valence-corrected chi connectivity index (χ0v) is 16.0. The van der Waals surface area contributed by atoms with Crippen LogP contribution < -0.4 is 10.6 Å². The topological polar surface area (TPSA) is 78.5 Å². The number of aromatic amines is 1. The monoisotopic (exact) mass is 424 g/mol. The van der Waals surface area contributed by atoms with Crippen molar-refractivity contribution < 1.29 is 4.39 Å². The van der Waals surface area contributed by atoms with Gasteiger partial charge in [0.2, 0.25) is 11.6 Å². The van der Waals surface area contributed by atoms with Crippen LogP contribution in [0.4, 0.5) is 10.3 Å². The molecule has 0 fully saturated rings. The first-order valence-corrected chi connectivity index (χ1v) is 9.46. The van der Waals surface area contributed by atoms with E-state index in [0.717, 1.165) is 46.5 Å². The third kappa shape index (κ3) is 4.42. The minimum atomic E-state index is 0.572. The van der Waals surface area contributed by atoms with Crippen molar-refractivity contribution in [2.75, 3.05) is 18.4 Å². The van der Waals surface area contributed by atoms with Gasteiger partial charge in [0.05, 0.1) is 18.0 Å². The van der Waals surface area contributed by atoms with E-state index in [9.17, 15) is 4.39 Å². The van der Waals surface area contributed by atoms with Crippen molar-refractivity contribution in [3.05, 3.63) is 38.4 Å². The van der Waals surface area contributed by atoms with E-state index in [1.807, 2.05) is 13.0 Å². The molecule has 0 unspecified atom stereocenters. The number of nitrogens with one attached hydrogen (secondary N) is 3. The fraction of sp³-hybridized carbons (Fsp3) is 0.312. The van der Waals surface area contributed by atoms with Crippen LogP contribution >= 0.6 is 27.3 Å². The van der Waals surface area contributed by atoms with E-state index in [4.69, 9.17) is 0 Å². The van der Waals surface area contributed by atoms with Gasteiger partial charge in [0, 0.05) is 27.3 Å². The van der Waals surface area contributed by atoms with Crippen molar-refractivity contribution in [2.45, 2.75) is 19.9 Å². The molecule has 25 heavy (non-hydrogen) atoms. The molecule has 0 bridgehead atoms. The Morgan fingerprint density at radius 3 is 3.08 bits per heavy atom. The fourth-order valence-electron chi connectivity index (χ4n) is 2.37. The maximum Gasteiger partial charge on any atom is 0.202 e. The molecule has 0 saturated carbocycles. The highest BCUT2D eigenvalue weighted by atomic mass is 79.9. The summed E-state index contributed by atoms with van der Waals surface area (Å²) in [6.07, 6.45) is 4.63. The average molecular weight is 425 g/mol. The summed E-state index contributed by atoms with van der Waals surface area (Å²) < 4.78 is 13.3. The third-order valence-corrected chi connectivity index (χ3v) is 6.23. The number of nitrogens with zero attached hydrogens (tertiary/aromatic N) is 3. The van der Waals surface area contributed by atoms with Gasteiger partial charge in [0.1, 0.15) is 0 Å². The molecule has 6 nitrogen and oxygen atoms in total. The van der Waals surface area contributed by atoms with Crippen LogP contribution in [-0.2, 0) is 6.54 Å². The quantitative estimate of drug-likeness (QED) is 0.476. The van der Waals surface area contributed by atoms with Crippen molar-refractivity contribution in [1.82, 2.24) is 25.5 Å². The van der Waals surface area contributed by atoms with E-state index in [2.05, 4.69) is 46.7 Å². The summed E-state index contributed by atoms with van der Waals surface area (Å²) in [4.78, 5) is 9.59. The predicted octanol–water partition coefficient (Wildman–Crippen LogP) is 4.02. The van der Waals surface area contributed by atoms with E-state index in [1.165, 1.54) is 11.0 Å². The second kappa shape index (κ2) is 8.50. The van der Waals surface area contributed by atoms with E-state index in [0.29, 0.717) is 17.9 Å². The maximum atomic E-state index is 12.4. The molecular weight excluding hydrogens is 407 g/mol. The number of imidazole rings is 1. The molecule has 3 aromatic heterocycles. The number of hydrogen-bond acceptors (Lipinski definition) is 6. The van der Waals surface area contributed by atoms with Crippen LogP contribution in [0.25, 0.3) is 17.2 Å². The maximum absolute atomic E-state index is 12.4. The summed E-state index contributed by atoms with van der Waals surface area (Å²) in [6.45, 7) is 4.48. The lowest BCUT2D eigenvalue weighted by molar-refractivity contribution is 0.666. The molecule has 0 saturated heterocycles. The first kappa shape index (κ1) is 18.0. The van der Waals surface area contributed by atoms with Gasteiger partial charge < -0.3 is 15.6 Å². The van der Waals surface area contributed by atoms with Crippen LogP contribution in [0.2, 0.25) is 0 Å². The van der Waals surface area contributed by atoms with E-state index >= 15 is 0 Å². The molecule has 132 valence electrons. The van der Waals surface area contributed by atoms with Crippen molar-refractivity contribution >= 4 is 50.5 Å². The SMILES string of the molecule is Cc1c(CNCCCNc2nc3nnccc3[nH]2)sc(C=CF)c1Br. The van der Waals surface area contributed by atoms with Crippen LogP contribution in [-0.4, -0.2) is 33.3 Å². The number of H-pyrrole nitrogens is 1. The molecule has 3 N–H and O–H groups in total. The smallest absolute Gasteiger partial charge is 0.202 e. The van der Waals surface area contributed by atoms with Gasteiger partial charge in [-0.2, -0.15) is 10.1 Å². The summed E-state index contributed by atoms with van der Waals surface area (Å²) in [5.74, 6) is 0.705. The van der Waals surface area contributed by atoms with Crippen molar-refractivity contribution in [3.8, 4) is 0 Å². The lowest BCUT2D eigenvalue weighted by Crippen LogP contribution is -2.17. The van der Waals surface area contributed by atoms with Crippen LogP contribution in [0, 0.1) is 6.92 Å². The lowest BCUT2D eigenvalue weighted by atomic mass is 10.2. The molecular formula is C16H18BrFN6S. The van der Waals surface area contributed by atoms with E-state index in [1.54, 1.807) is 17.5 Å². The molecule has 0 radical (unpaired) electrons. The van der Waals surface area contributed by atoms with Gasteiger partial charge >= 0.3 is 0 Å². The Labute approximate surface area is 157 Å². The van der Waals surface area contributed by atoms with Crippen LogP contribution in [0.15, 0.2) is 23.1 Å². The van der Waals surface area contributed by atoms with Crippen LogP contribution in [0.1, 0.15) is 21.7 Å². The highest BCUT2D eigenvalue weighted by Crippen LogP contribution is 2.33. The van der Waals surface area contributed by atoms with Gasteiger partial charge in [-0.05, 0) is 53.5 Å². The first-order valence-electron chi connectivity index (χ1n) is 7.85. The molecule has 3 rings (SSSR count). The lowest BCUT2D eigenvalue weighted by Gasteiger charge is -2.05. The third-order valence-electron chi connectivity index (χ3n) is 3.69. The van der Waals surface area contributed by atoms with Crippen LogP contribution in [0.5, 0.6) is 0 Å². The molecule has 9 heteroatoms. The molecule has 3 aromatic rings. The first-order chi connectivity index (χ1) is 12.2. The largest absolute Gasteiger partial charge is 0.356 e. The Kier molecular flexibility index (Phi) is 6.11. The van der Waals surface area contributed by atoms with Crippen molar-refractivity contribution in [2.24, 2.45) is 0 Å². The molecule has 0 aliphatic rings. The fourth-order valence-corrected chi connectivity index (χ4v) is 4.17. The Morgan fingerprint density at radius 2 is 2.28 bits per heavy atom. The Bertz CT molecular complexity index is 842. The number of aromatic nitrogens is 4. The minimum absolute atomic E-state index is 0.572. The molecule has 0 aromatic carbocycles. The minimum Gasteiger partial charge on any atom is -0.356 e. The number of hydrogen-bond donors (Lipinski definition) is 3. The molecule has 0 atom stereocenters. The Morgan fingerprint density at radius 1 is 1.40 bits per heavy atom. The Balaban J connectivity index is 1.41. The van der Waals surface area contributed by atoms with Gasteiger partial charge in [0.25, 0.3) is 0 Å². The number of anilines is 1. The molecule has 3 heterocycles. The molecule has 0 aliphatic heterocycles. The number of halogens is 2. The number of rotatable bonds is 8. The van der Waals surface area contributed by atoms with Crippen LogP contribution in [0.3, 0.4) is 0 Å². The normalized spacial score (nSPS) is 11.6. The summed E-state index contributed by atoms with van der Waals surface area (Å²) in [6, 6.07) is 1.84. The average Bonchev–Trinajstić information content (AvgIpc) is 3.14. The number of fused-ring (bicyclic) bond motifs is 1. The second-order valence-electron chi connectivity index (χ2n) is 5.43. The summed E-state index contributed by atoms with van der Waals surface area (Å²) >= 11 is 5.11. The Hall–Kier alpha value is -1.84. The van der Waals surface area contributed by atoms with Gasteiger partial charge in [-0.15, -0.1) is 16.4 Å². The molecule has 0 aliphatic carbocycles. The zero-order chi connectivity index (χ0) is 17.6. The van der Waals surface area contributed by atoms with Gasteiger partial charge in [-0.3, -0.25) is 0 Å². The number of thiophene rings is 1. The summed E-state index contributed by atoms with van der Waals surface area (Å²) in [7, 11) is 0. The highest BCUT2D eigenvalue weighted by molar-refractivity contribution is 9.10. The van der Waals surface area contributed by atoms with Crippen molar-refractivity contribution in [1.29, 1.82) is 0 Å². The van der Waals surface area contributed by atoms with Gasteiger partial charge in [0.15, 0.2) is 0 Å². The highest BCUT2D eigenvalue weighted by Gasteiger charge is 2.10. The van der Waals surface area contributed by atoms with E-state index in [-0.39, 0.29) is 0 Å². The van der Waals surface area contributed by atoms with Gasteiger partial charge in [-0.25, -0.2) is 4.39 Å². The van der Waals surface area contributed by atoms with E-state index < -0.39 is 0 Å². The zero-order valence-electron chi connectivity index (χ0n) is 13.6. The molecule has 0 spiro atoms. The summed E-state index contributed by atoms with van der Waals surface area (Å²) in [5, 5.41) is 14.4. The predicted molar refractivity (Wildman–Crippen MR) is 103 cm³/mol. The van der Waals surface area contributed by atoms with Crippen molar-refractivity contribution in [3.63, 3.8) is 0 Å². The summed E-state index contributed by atoms with van der Waals surface area (Å²) in [5.41, 5.74) is 2.64.